The van der Waals surface area contributed by atoms with E-state index in [9.17, 15) is 5.11 Å². The van der Waals surface area contributed by atoms with Crippen molar-refractivity contribution in [1.82, 2.24) is 14.5 Å². The van der Waals surface area contributed by atoms with E-state index >= 15 is 0 Å². The first kappa shape index (κ1) is 13.1. The van der Waals surface area contributed by atoms with E-state index < -0.39 is 5.60 Å². The molecule has 1 aromatic carbocycles. The van der Waals surface area contributed by atoms with Gasteiger partial charge in [0.15, 0.2) is 0 Å². The van der Waals surface area contributed by atoms with Crippen LogP contribution >= 0.6 is 11.6 Å². The topological polar surface area (TPSA) is 50.9 Å². The van der Waals surface area contributed by atoms with Gasteiger partial charge in [0, 0.05) is 23.3 Å². The van der Waals surface area contributed by atoms with Gasteiger partial charge in [-0.2, -0.15) is 4.98 Å². The number of halogens is 1. The van der Waals surface area contributed by atoms with Gasteiger partial charge in [0.2, 0.25) is 5.28 Å². The first-order valence-corrected chi connectivity index (χ1v) is 6.66. The minimum Gasteiger partial charge on any atom is -0.386 e. The quantitative estimate of drug-likeness (QED) is 0.736. The van der Waals surface area contributed by atoms with Gasteiger partial charge >= 0.3 is 0 Å². The Labute approximate surface area is 121 Å². The smallest absolute Gasteiger partial charge is 0.224 e. The van der Waals surface area contributed by atoms with E-state index in [1.165, 1.54) is 0 Å². The van der Waals surface area contributed by atoms with Gasteiger partial charge < -0.3 is 9.67 Å². The van der Waals surface area contributed by atoms with E-state index in [4.69, 9.17) is 11.6 Å². The average Bonchev–Trinajstić information content (AvgIpc) is 2.78. The summed E-state index contributed by atoms with van der Waals surface area (Å²) in [6.07, 6.45) is 3.51. The Bertz CT molecular complexity index is 774. The van der Waals surface area contributed by atoms with Crippen LogP contribution in [0.5, 0.6) is 0 Å². The minimum absolute atomic E-state index is 0.199. The summed E-state index contributed by atoms with van der Waals surface area (Å²) < 4.78 is 1.91. The Balaban J connectivity index is 2.32. The molecule has 0 bridgehead atoms. The maximum atomic E-state index is 10.3. The van der Waals surface area contributed by atoms with Crippen LogP contribution in [0.4, 0.5) is 0 Å². The molecule has 3 rings (SSSR count). The van der Waals surface area contributed by atoms with E-state index in [1.54, 1.807) is 26.1 Å². The molecule has 3 aromatic rings. The average molecular weight is 288 g/mol. The Morgan fingerprint density at radius 1 is 1.20 bits per heavy atom. The Kier molecular flexibility index (Phi) is 3.00. The summed E-state index contributed by atoms with van der Waals surface area (Å²) in [6.45, 7) is 3.54. The molecule has 0 atom stereocenters. The molecule has 0 aliphatic heterocycles. The van der Waals surface area contributed by atoms with Crippen LogP contribution in [0.3, 0.4) is 0 Å². The molecule has 0 amide bonds. The van der Waals surface area contributed by atoms with Crippen LogP contribution in [0.2, 0.25) is 5.28 Å². The van der Waals surface area contributed by atoms with Crippen molar-refractivity contribution in [2.45, 2.75) is 19.4 Å². The molecule has 0 saturated carbocycles. The third kappa shape index (κ3) is 2.17. The highest BCUT2D eigenvalue weighted by molar-refractivity contribution is 6.28. The molecule has 0 aliphatic rings. The zero-order chi connectivity index (χ0) is 14.3. The number of hydrogen-bond acceptors (Lipinski definition) is 3. The van der Waals surface area contributed by atoms with Crippen LogP contribution in [-0.4, -0.2) is 19.6 Å². The summed E-state index contributed by atoms with van der Waals surface area (Å²) in [6, 6.07) is 9.67. The van der Waals surface area contributed by atoms with Crippen molar-refractivity contribution in [2.75, 3.05) is 0 Å². The molecule has 0 unspecified atom stereocenters. The van der Waals surface area contributed by atoms with E-state index in [0.717, 1.165) is 16.5 Å². The SMILES string of the molecule is CC(C)(O)c1cn(-c2ccnc(Cl)n2)c2ccccc12. The number of benzene rings is 1. The highest BCUT2D eigenvalue weighted by Crippen LogP contribution is 2.31. The number of rotatable bonds is 2. The van der Waals surface area contributed by atoms with Crippen molar-refractivity contribution in [3.05, 3.63) is 53.6 Å². The van der Waals surface area contributed by atoms with Crippen LogP contribution < -0.4 is 0 Å². The molecular weight excluding hydrogens is 274 g/mol. The molecule has 0 aliphatic carbocycles. The number of hydrogen-bond donors (Lipinski definition) is 1. The van der Waals surface area contributed by atoms with Crippen molar-refractivity contribution in [3.63, 3.8) is 0 Å². The summed E-state index contributed by atoms with van der Waals surface area (Å²) in [5.74, 6) is 0.678. The fraction of sp³-hybridized carbons (Fsp3) is 0.200. The summed E-state index contributed by atoms with van der Waals surface area (Å²) in [4.78, 5) is 8.12. The van der Waals surface area contributed by atoms with Crippen molar-refractivity contribution >= 4 is 22.5 Å². The summed E-state index contributed by atoms with van der Waals surface area (Å²) in [5, 5.41) is 11.5. The largest absolute Gasteiger partial charge is 0.386 e. The van der Waals surface area contributed by atoms with E-state index in [2.05, 4.69) is 9.97 Å². The lowest BCUT2D eigenvalue weighted by Gasteiger charge is -2.15. The molecule has 102 valence electrons. The van der Waals surface area contributed by atoms with Crippen molar-refractivity contribution < 1.29 is 5.11 Å². The molecule has 20 heavy (non-hydrogen) atoms. The predicted molar refractivity (Wildman–Crippen MR) is 79.1 cm³/mol. The molecule has 0 saturated heterocycles. The number of para-hydroxylation sites is 1. The third-order valence-electron chi connectivity index (χ3n) is 3.23. The summed E-state index contributed by atoms with van der Waals surface area (Å²) >= 11 is 5.86. The molecule has 0 fully saturated rings. The third-order valence-corrected chi connectivity index (χ3v) is 3.41. The zero-order valence-corrected chi connectivity index (χ0v) is 12.0. The summed E-state index contributed by atoms with van der Waals surface area (Å²) in [7, 11) is 0. The molecule has 4 nitrogen and oxygen atoms in total. The standard InChI is InChI=1S/C15H14ClN3O/c1-15(2,20)11-9-19(12-6-4-3-5-10(11)12)13-7-8-17-14(16)18-13/h3-9,20H,1-2H3. The minimum atomic E-state index is -0.929. The lowest BCUT2D eigenvalue weighted by Crippen LogP contribution is -2.14. The first-order chi connectivity index (χ1) is 9.47. The number of aromatic nitrogens is 3. The first-order valence-electron chi connectivity index (χ1n) is 6.29. The zero-order valence-electron chi connectivity index (χ0n) is 11.2. The van der Waals surface area contributed by atoms with E-state index in [0.29, 0.717) is 5.82 Å². The molecular formula is C15H14ClN3O. The summed E-state index contributed by atoms with van der Waals surface area (Å²) in [5.41, 5.74) is 0.893. The second-order valence-corrected chi connectivity index (χ2v) is 5.51. The van der Waals surface area contributed by atoms with Crippen molar-refractivity contribution in [2.24, 2.45) is 0 Å². The highest BCUT2D eigenvalue weighted by Gasteiger charge is 2.22. The fourth-order valence-corrected chi connectivity index (χ4v) is 2.46. The van der Waals surface area contributed by atoms with Crippen LogP contribution in [-0.2, 0) is 5.60 Å². The highest BCUT2D eigenvalue weighted by atomic mass is 35.5. The van der Waals surface area contributed by atoms with Crippen LogP contribution in [0.1, 0.15) is 19.4 Å². The maximum absolute atomic E-state index is 10.3. The van der Waals surface area contributed by atoms with Crippen LogP contribution in [0.25, 0.3) is 16.7 Å². The predicted octanol–water partition coefficient (Wildman–Crippen LogP) is 3.30. The molecule has 2 aromatic heterocycles. The van der Waals surface area contributed by atoms with Crippen molar-refractivity contribution in [1.29, 1.82) is 0 Å². The van der Waals surface area contributed by atoms with Gasteiger partial charge in [0.05, 0.1) is 11.1 Å². The van der Waals surface area contributed by atoms with Gasteiger partial charge in [-0.3, -0.25) is 0 Å². The van der Waals surface area contributed by atoms with Gasteiger partial charge in [-0.25, -0.2) is 4.98 Å². The van der Waals surface area contributed by atoms with Gasteiger partial charge in [0.25, 0.3) is 0 Å². The Morgan fingerprint density at radius 2 is 1.95 bits per heavy atom. The Morgan fingerprint density at radius 3 is 2.65 bits per heavy atom. The number of nitrogens with zero attached hydrogens (tertiary/aromatic N) is 3. The molecule has 0 spiro atoms. The maximum Gasteiger partial charge on any atom is 0.224 e. The lowest BCUT2D eigenvalue weighted by molar-refractivity contribution is 0.0801. The van der Waals surface area contributed by atoms with Crippen LogP contribution in [0, 0.1) is 0 Å². The lowest BCUT2D eigenvalue weighted by atomic mass is 9.98. The number of aliphatic hydroxyl groups is 1. The number of fused-ring (bicyclic) bond motifs is 1. The van der Waals surface area contributed by atoms with E-state index in [1.807, 2.05) is 35.0 Å². The molecule has 5 heteroatoms. The normalized spacial score (nSPS) is 12.0. The molecule has 1 N–H and O–H groups in total. The Hall–Kier alpha value is -1.91. The van der Waals surface area contributed by atoms with Crippen molar-refractivity contribution in [3.8, 4) is 5.82 Å². The monoisotopic (exact) mass is 287 g/mol. The van der Waals surface area contributed by atoms with Crippen LogP contribution in [0.15, 0.2) is 42.7 Å². The second-order valence-electron chi connectivity index (χ2n) is 5.17. The van der Waals surface area contributed by atoms with Gasteiger partial charge in [0.1, 0.15) is 5.82 Å². The van der Waals surface area contributed by atoms with Gasteiger partial charge in [-0.05, 0) is 37.6 Å². The fourth-order valence-electron chi connectivity index (χ4n) is 2.32. The second kappa shape index (κ2) is 4.58. The van der Waals surface area contributed by atoms with E-state index in [-0.39, 0.29) is 5.28 Å². The van der Waals surface area contributed by atoms with Gasteiger partial charge in [-0.15, -0.1) is 0 Å². The molecule has 2 heterocycles. The molecule has 0 radical (unpaired) electrons. The van der Waals surface area contributed by atoms with Gasteiger partial charge in [-0.1, -0.05) is 18.2 Å².